The first-order valence-corrected chi connectivity index (χ1v) is 20.1. The van der Waals surface area contributed by atoms with Gasteiger partial charge in [0.2, 0.25) is 0 Å². The highest BCUT2D eigenvalue weighted by Crippen LogP contribution is 2.44. The Morgan fingerprint density at radius 2 is 1.84 bits per heavy atom. The number of hydrogen-bond acceptors (Lipinski definition) is 7. The van der Waals surface area contributed by atoms with E-state index in [0.717, 1.165) is 71.1 Å². The molecule has 1 N–H and O–H groups in total. The largest absolute Gasteiger partial charge is 0.493 e. The molecule has 1 atom stereocenters. The van der Waals surface area contributed by atoms with Crippen molar-refractivity contribution in [1.29, 1.82) is 0 Å². The number of carbonyl (C=O) groups is 2. The van der Waals surface area contributed by atoms with Crippen molar-refractivity contribution < 1.29 is 32.9 Å². The molecule has 0 saturated carbocycles. The van der Waals surface area contributed by atoms with Gasteiger partial charge in [0, 0.05) is 54.9 Å². The summed E-state index contributed by atoms with van der Waals surface area (Å²) in [5.41, 5.74) is 4.38. The molecule has 12 heteroatoms. The Kier molecular flexibility index (Phi) is 13.0. The second kappa shape index (κ2) is 17.7. The number of nitrogens with zero attached hydrogens (tertiary/aromatic N) is 3. The van der Waals surface area contributed by atoms with Crippen molar-refractivity contribution in [3.63, 3.8) is 0 Å². The standard InChI is InChI=1S/C44H54ClFN4O6/c1-8-34-38(41(48-50(34)7)35(20-15-27-21-24-53-25-22-27)49(6)43(52)56-44(3,4)5)37-33(45)19-18-32-31(40(47-39(32)37)42(51)54-9-2)13-11-23-55-36-14-10-12-28-26-29(46)16-17-30(28)36/h10,12,14,16-19,26-27,35,47H,8-9,11,13,15,20-25H2,1-7H3/t35-/m1/s1. The van der Waals surface area contributed by atoms with Gasteiger partial charge in [-0.15, -0.1) is 0 Å². The Balaban J connectivity index is 1.41. The van der Waals surface area contributed by atoms with Crippen molar-refractivity contribution in [3.8, 4) is 16.9 Å². The van der Waals surface area contributed by atoms with Gasteiger partial charge >= 0.3 is 12.1 Å². The minimum absolute atomic E-state index is 0.213. The molecule has 0 bridgehead atoms. The second-order valence-corrected chi connectivity index (χ2v) is 15.9. The first-order valence-electron chi connectivity index (χ1n) is 19.7. The number of H-pyrrole nitrogens is 1. The van der Waals surface area contributed by atoms with E-state index < -0.39 is 23.7 Å². The fraction of sp³-hybridized carbons (Fsp3) is 0.477. The third kappa shape index (κ3) is 8.99. The molecule has 0 spiro atoms. The monoisotopic (exact) mass is 788 g/mol. The first-order chi connectivity index (χ1) is 26.8. The highest BCUT2D eigenvalue weighted by atomic mass is 35.5. The quantitative estimate of drug-likeness (QED) is 0.0882. The second-order valence-electron chi connectivity index (χ2n) is 15.5. The number of halogens is 2. The van der Waals surface area contributed by atoms with E-state index >= 15 is 0 Å². The van der Waals surface area contributed by atoms with Crippen LogP contribution in [0.3, 0.4) is 0 Å². The summed E-state index contributed by atoms with van der Waals surface area (Å²) in [6.45, 7) is 11.5. The number of aromatic amines is 1. The number of ether oxygens (including phenoxy) is 4. The number of rotatable bonds is 14. The zero-order valence-electron chi connectivity index (χ0n) is 33.6. The van der Waals surface area contributed by atoms with Gasteiger partial charge in [0.1, 0.15) is 22.9 Å². The van der Waals surface area contributed by atoms with Gasteiger partial charge in [-0.1, -0.05) is 36.7 Å². The molecule has 56 heavy (non-hydrogen) atoms. The number of nitrogens with one attached hydrogen (secondary N) is 1. The van der Waals surface area contributed by atoms with E-state index in [-0.39, 0.29) is 12.4 Å². The Bertz CT molecular complexity index is 2180. The highest BCUT2D eigenvalue weighted by molar-refractivity contribution is 6.35. The number of fused-ring (bicyclic) bond motifs is 2. The van der Waals surface area contributed by atoms with Gasteiger partial charge in [-0.05, 0) is 120 Å². The third-order valence-corrected chi connectivity index (χ3v) is 10.9. The molecule has 6 rings (SSSR count). The molecular weight excluding hydrogens is 735 g/mol. The third-order valence-electron chi connectivity index (χ3n) is 10.6. The van der Waals surface area contributed by atoms with E-state index in [2.05, 4.69) is 11.9 Å². The van der Waals surface area contributed by atoms with Crippen molar-refractivity contribution in [2.24, 2.45) is 13.0 Å². The lowest BCUT2D eigenvalue weighted by atomic mass is 9.89. The lowest BCUT2D eigenvalue weighted by Gasteiger charge is -2.32. The van der Waals surface area contributed by atoms with Gasteiger partial charge in [-0.3, -0.25) is 4.68 Å². The predicted octanol–water partition coefficient (Wildman–Crippen LogP) is 10.4. The summed E-state index contributed by atoms with van der Waals surface area (Å²) in [7, 11) is 3.69. The maximum absolute atomic E-state index is 13.9. The molecule has 0 unspecified atom stereocenters. The molecule has 1 aliphatic heterocycles. The fourth-order valence-electron chi connectivity index (χ4n) is 7.85. The Hall–Kier alpha value is -4.61. The van der Waals surface area contributed by atoms with Crippen LogP contribution >= 0.6 is 11.6 Å². The van der Waals surface area contributed by atoms with Crippen molar-refractivity contribution in [2.75, 3.05) is 33.5 Å². The zero-order valence-corrected chi connectivity index (χ0v) is 34.4. The van der Waals surface area contributed by atoms with Crippen molar-refractivity contribution in [2.45, 2.75) is 91.2 Å². The van der Waals surface area contributed by atoms with Gasteiger partial charge in [-0.25, -0.2) is 14.0 Å². The summed E-state index contributed by atoms with van der Waals surface area (Å²) in [6.07, 6.45) is 4.79. The number of amides is 1. The average Bonchev–Trinajstić information content (AvgIpc) is 3.69. The van der Waals surface area contributed by atoms with Crippen LogP contribution in [0, 0.1) is 11.7 Å². The van der Waals surface area contributed by atoms with Gasteiger partial charge < -0.3 is 28.8 Å². The van der Waals surface area contributed by atoms with E-state index in [0.29, 0.717) is 65.8 Å². The molecule has 10 nitrogen and oxygen atoms in total. The Morgan fingerprint density at radius 1 is 1.09 bits per heavy atom. The SMILES string of the molecule is CCOC(=O)c1[nH]c2c(-c3c([C@@H](CCC4CCOCC4)N(C)C(=O)OC(C)(C)C)nn(C)c3CC)c(Cl)ccc2c1CCCOc1cccc2cc(F)ccc12. The molecular formula is C44H54ClFN4O6. The predicted molar refractivity (Wildman–Crippen MR) is 218 cm³/mol. The summed E-state index contributed by atoms with van der Waals surface area (Å²) in [6, 6.07) is 13.6. The van der Waals surface area contributed by atoms with Gasteiger partial charge in [0.25, 0.3) is 0 Å². The van der Waals surface area contributed by atoms with Crippen molar-refractivity contribution >= 4 is 45.3 Å². The minimum Gasteiger partial charge on any atom is -0.493 e. The van der Waals surface area contributed by atoms with E-state index in [1.165, 1.54) is 12.1 Å². The first kappa shape index (κ1) is 41.0. The smallest absolute Gasteiger partial charge is 0.410 e. The lowest BCUT2D eigenvalue weighted by Crippen LogP contribution is -2.37. The topological polar surface area (TPSA) is 108 Å². The van der Waals surface area contributed by atoms with Crippen LogP contribution in [-0.2, 0) is 34.1 Å². The molecule has 3 heterocycles. The Morgan fingerprint density at radius 3 is 2.55 bits per heavy atom. The van der Waals surface area contributed by atoms with Crippen molar-refractivity contribution in [1.82, 2.24) is 19.7 Å². The lowest BCUT2D eigenvalue weighted by molar-refractivity contribution is 0.0187. The highest BCUT2D eigenvalue weighted by Gasteiger charge is 2.34. The summed E-state index contributed by atoms with van der Waals surface area (Å²) in [4.78, 5) is 32.4. The molecule has 5 aromatic rings. The Labute approximate surface area is 333 Å². The van der Waals surface area contributed by atoms with E-state index in [1.54, 1.807) is 24.9 Å². The summed E-state index contributed by atoms with van der Waals surface area (Å²) in [5.74, 6) is 0.373. The number of hydrogen-bond donors (Lipinski definition) is 1. The summed E-state index contributed by atoms with van der Waals surface area (Å²) >= 11 is 7.20. The van der Waals surface area contributed by atoms with E-state index in [1.807, 2.05) is 62.8 Å². The molecule has 0 radical (unpaired) electrons. The molecule has 1 amide bonds. The summed E-state index contributed by atoms with van der Waals surface area (Å²) in [5, 5.41) is 8.04. The normalized spacial score (nSPS) is 14.3. The molecule has 1 saturated heterocycles. The van der Waals surface area contributed by atoms with Gasteiger partial charge in [0.05, 0.1) is 35.5 Å². The fourth-order valence-corrected chi connectivity index (χ4v) is 8.11. The minimum atomic E-state index is -0.684. The summed E-state index contributed by atoms with van der Waals surface area (Å²) < 4.78 is 39.1. The van der Waals surface area contributed by atoms with Crippen LogP contribution in [0.1, 0.15) is 100 Å². The van der Waals surface area contributed by atoms with E-state index in [4.69, 9.17) is 35.6 Å². The molecule has 300 valence electrons. The zero-order chi connectivity index (χ0) is 40.1. The molecule has 2 aromatic heterocycles. The van der Waals surface area contributed by atoms with Crippen LogP contribution in [0.5, 0.6) is 5.75 Å². The number of esters is 1. The van der Waals surface area contributed by atoms with E-state index in [9.17, 15) is 14.0 Å². The van der Waals surface area contributed by atoms with Crippen LogP contribution < -0.4 is 4.74 Å². The van der Waals surface area contributed by atoms with Crippen LogP contribution in [0.4, 0.5) is 9.18 Å². The van der Waals surface area contributed by atoms with Gasteiger partial charge in [0.15, 0.2) is 0 Å². The number of aromatic nitrogens is 3. The maximum atomic E-state index is 13.9. The molecule has 3 aromatic carbocycles. The molecule has 1 fully saturated rings. The van der Waals surface area contributed by atoms with Crippen LogP contribution in [-0.4, -0.2) is 70.8 Å². The number of aryl methyl sites for hydroxylation is 2. The van der Waals surface area contributed by atoms with Crippen LogP contribution in [0.2, 0.25) is 5.02 Å². The molecule has 1 aliphatic rings. The average molecular weight is 789 g/mol. The maximum Gasteiger partial charge on any atom is 0.410 e. The number of carbonyl (C=O) groups excluding carboxylic acids is 2. The molecule has 0 aliphatic carbocycles. The number of benzene rings is 3. The van der Waals surface area contributed by atoms with Crippen LogP contribution in [0.15, 0.2) is 48.5 Å². The van der Waals surface area contributed by atoms with Crippen LogP contribution in [0.25, 0.3) is 32.8 Å². The van der Waals surface area contributed by atoms with Crippen molar-refractivity contribution in [3.05, 3.63) is 82.0 Å². The van der Waals surface area contributed by atoms with Gasteiger partial charge in [-0.2, -0.15) is 5.10 Å².